The van der Waals surface area contributed by atoms with Crippen LogP contribution < -0.4 is 10.1 Å². The number of H-pyrrole nitrogens is 1. The molecule has 3 rings (SSSR count). The molecule has 2 N–H and O–H groups in total. The number of nitrogens with one attached hydrogen (secondary N) is 2. The summed E-state index contributed by atoms with van der Waals surface area (Å²) in [5, 5.41) is 11.3. The van der Waals surface area contributed by atoms with Crippen molar-refractivity contribution in [1.29, 1.82) is 0 Å². The summed E-state index contributed by atoms with van der Waals surface area (Å²) in [5.74, 6) is 1.56. The van der Waals surface area contributed by atoms with E-state index >= 15 is 0 Å². The van der Waals surface area contributed by atoms with E-state index in [1.165, 1.54) is 0 Å². The van der Waals surface area contributed by atoms with Gasteiger partial charge in [0.25, 0.3) is 0 Å². The molecular weight excluding hydrogens is 190 g/mol. The van der Waals surface area contributed by atoms with E-state index in [2.05, 4.69) is 15.5 Å². The third-order valence-corrected chi connectivity index (χ3v) is 2.78. The highest BCUT2D eigenvalue weighted by molar-refractivity contribution is 5.83. The molecule has 2 heterocycles. The maximum atomic E-state index is 5.77. The van der Waals surface area contributed by atoms with Crippen molar-refractivity contribution in [2.45, 2.75) is 0 Å². The number of fused-ring (bicyclic) bond motifs is 1. The van der Waals surface area contributed by atoms with Crippen LogP contribution in [0.4, 0.5) is 0 Å². The van der Waals surface area contributed by atoms with Crippen LogP contribution in [0.5, 0.6) is 5.75 Å². The fraction of sp³-hybridized carbons (Fsp3) is 0.364. The van der Waals surface area contributed by atoms with Gasteiger partial charge in [-0.2, -0.15) is 5.10 Å². The Morgan fingerprint density at radius 3 is 3.13 bits per heavy atom. The SMILES string of the molecule is c1cc(OCC2CNC2)c2[nH]ncc2c1. The normalized spacial score (nSPS) is 16.5. The van der Waals surface area contributed by atoms with Gasteiger partial charge in [0, 0.05) is 24.4 Å². The zero-order valence-corrected chi connectivity index (χ0v) is 8.36. The fourth-order valence-corrected chi connectivity index (χ4v) is 1.74. The van der Waals surface area contributed by atoms with Crippen molar-refractivity contribution in [3.63, 3.8) is 0 Å². The highest BCUT2D eigenvalue weighted by Crippen LogP contribution is 2.23. The molecule has 78 valence electrons. The molecule has 1 saturated heterocycles. The van der Waals surface area contributed by atoms with Gasteiger partial charge in [-0.3, -0.25) is 5.10 Å². The predicted octanol–water partition coefficient (Wildman–Crippen LogP) is 1.16. The van der Waals surface area contributed by atoms with Gasteiger partial charge in [-0.15, -0.1) is 0 Å². The zero-order chi connectivity index (χ0) is 10.1. The molecule has 1 aliphatic rings. The van der Waals surface area contributed by atoms with Crippen LogP contribution in [0.25, 0.3) is 10.9 Å². The Morgan fingerprint density at radius 1 is 1.40 bits per heavy atom. The average molecular weight is 203 g/mol. The van der Waals surface area contributed by atoms with E-state index in [0.29, 0.717) is 5.92 Å². The first-order chi connectivity index (χ1) is 7.43. The number of aromatic nitrogens is 2. The van der Waals surface area contributed by atoms with Crippen LogP contribution in [-0.2, 0) is 0 Å². The minimum Gasteiger partial charge on any atom is -0.491 e. The first-order valence-corrected chi connectivity index (χ1v) is 5.19. The Balaban J connectivity index is 1.80. The number of aromatic amines is 1. The molecule has 1 fully saturated rings. The first kappa shape index (κ1) is 8.73. The number of benzene rings is 1. The van der Waals surface area contributed by atoms with E-state index in [1.54, 1.807) is 0 Å². The van der Waals surface area contributed by atoms with Crippen LogP contribution in [-0.4, -0.2) is 29.9 Å². The summed E-state index contributed by atoms with van der Waals surface area (Å²) < 4.78 is 5.77. The van der Waals surface area contributed by atoms with E-state index in [4.69, 9.17) is 4.74 Å². The molecule has 1 aromatic carbocycles. The maximum Gasteiger partial charge on any atom is 0.144 e. The summed E-state index contributed by atoms with van der Waals surface area (Å²) in [5.41, 5.74) is 0.991. The monoisotopic (exact) mass is 203 g/mol. The van der Waals surface area contributed by atoms with Crippen molar-refractivity contribution in [2.75, 3.05) is 19.7 Å². The Labute approximate surface area is 87.6 Å². The van der Waals surface area contributed by atoms with Crippen LogP contribution in [0.3, 0.4) is 0 Å². The highest BCUT2D eigenvalue weighted by Gasteiger charge is 2.17. The standard InChI is InChI=1S/C11H13N3O/c1-2-9-6-13-14-11(9)10(3-1)15-7-8-4-12-5-8/h1-3,6,8,12H,4-5,7H2,(H,13,14). The van der Waals surface area contributed by atoms with E-state index in [1.807, 2.05) is 24.4 Å². The third-order valence-electron chi connectivity index (χ3n) is 2.78. The molecule has 0 saturated carbocycles. The van der Waals surface area contributed by atoms with Crippen LogP contribution in [0.2, 0.25) is 0 Å². The topological polar surface area (TPSA) is 49.9 Å². The van der Waals surface area contributed by atoms with Crippen LogP contribution in [0.1, 0.15) is 0 Å². The Hall–Kier alpha value is -1.55. The molecule has 1 aliphatic heterocycles. The minimum absolute atomic E-state index is 0.656. The molecule has 4 nitrogen and oxygen atoms in total. The van der Waals surface area contributed by atoms with Gasteiger partial charge >= 0.3 is 0 Å². The van der Waals surface area contributed by atoms with Gasteiger partial charge in [-0.05, 0) is 6.07 Å². The van der Waals surface area contributed by atoms with Crippen LogP contribution >= 0.6 is 0 Å². The minimum atomic E-state index is 0.656. The van der Waals surface area contributed by atoms with Crippen LogP contribution in [0.15, 0.2) is 24.4 Å². The number of ether oxygens (including phenoxy) is 1. The molecule has 0 unspecified atom stereocenters. The average Bonchev–Trinajstić information content (AvgIpc) is 2.63. The van der Waals surface area contributed by atoms with Crippen molar-refractivity contribution in [1.82, 2.24) is 15.5 Å². The van der Waals surface area contributed by atoms with Gasteiger partial charge in [-0.1, -0.05) is 12.1 Å². The molecule has 0 spiro atoms. The number of para-hydroxylation sites is 1. The van der Waals surface area contributed by atoms with Gasteiger partial charge in [-0.25, -0.2) is 0 Å². The van der Waals surface area contributed by atoms with E-state index < -0.39 is 0 Å². The second kappa shape index (κ2) is 3.55. The summed E-state index contributed by atoms with van der Waals surface area (Å²) in [6, 6.07) is 6.00. The lowest BCUT2D eigenvalue weighted by atomic mass is 10.1. The van der Waals surface area contributed by atoms with Crippen molar-refractivity contribution < 1.29 is 4.74 Å². The summed E-state index contributed by atoms with van der Waals surface area (Å²) >= 11 is 0. The van der Waals surface area contributed by atoms with Gasteiger partial charge < -0.3 is 10.1 Å². The van der Waals surface area contributed by atoms with Gasteiger partial charge in [0.05, 0.1) is 12.8 Å². The van der Waals surface area contributed by atoms with Gasteiger partial charge in [0.2, 0.25) is 0 Å². The lowest BCUT2D eigenvalue weighted by Crippen LogP contribution is -2.45. The summed E-state index contributed by atoms with van der Waals surface area (Å²) in [7, 11) is 0. The van der Waals surface area contributed by atoms with Gasteiger partial charge in [0.15, 0.2) is 0 Å². The van der Waals surface area contributed by atoms with E-state index in [0.717, 1.165) is 36.3 Å². The maximum absolute atomic E-state index is 5.77. The summed E-state index contributed by atoms with van der Waals surface area (Å²) in [4.78, 5) is 0. The van der Waals surface area contributed by atoms with E-state index in [-0.39, 0.29) is 0 Å². The molecular formula is C11H13N3O. The van der Waals surface area contributed by atoms with Crippen molar-refractivity contribution in [3.8, 4) is 5.75 Å². The van der Waals surface area contributed by atoms with Crippen molar-refractivity contribution >= 4 is 10.9 Å². The quantitative estimate of drug-likeness (QED) is 0.787. The molecule has 2 aromatic rings. The smallest absolute Gasteiger partial charge is 0.144 e. The molecule has 0 amide bonds. The third kappa shape index (κ3) is 1.57. The zero-order valence-electron chi connectivity index (χ0n) is 8.36. The second-order valence-electron chi connectivity index (χ2n) is 3.93. The highest BCUT2D eigenvalue weighted by atomic mass is 16.5. The second-order valence-corrected chi connectivity index (χ2v) is 3.93. The van der Waals surface area contributed by atoms with Crippen molar-refractivity contribution in [2.24, 2.45) is 5.92 Å². The lowest BCUT2D eigenvalue weighted by Gasteiger charge is -2.26. The molecule has 15 heavy (non-hydrogen) atoms. The predicted molar refractivity (Wildman–Crippen MR) is 57.9 cm³/mol. The lowest BCUT2D eigenvalue weighted by molar-refractivity contribution is 0.200. The molecule has 0 aliphatic carbocycles. The fourth-order valence-electron chi connectivity index (χ4n) is 1.74. The summed E-state index contributed by atoms with van der Waals surface area (Å²) in [6.07, 6.45) is 1.81. The number of hydrogen-bond acceptors (Lipinski definition) is 3. The largest absolute Gasteiger partial charge is 0.491 e. The summed E-state index contributed by atoms with van der Waals surface area (Å²) in [6.45, 7) is 2.92. The molecule has 1 aromatic heterocycles. The first-order valence-electron chi connectivity index (χ1n) is 5.19. The molecule has 0 radical (unpaired) electrons. The Kier molecular flexibility index (Phi) is 2.07. The Morgan fingerprint density at radius 2 is 2.33 bits per heavy atom. The van der Waals surface area contributed by atoms with Crippen molar-refractivity contribution in [3.05, 3.63) is 24.4 Å². The number of hydrogen-bond donors (Lipinski definition) is 2. The van der Waals surface area contributed by atoms with E-state index in [9.17, 15) is 0 Å². The van der Waals surface area contributed by atoms with Crippen LogP contribution in [0, 0.1) is 5.92 Å². The molecule has 0 bridgehead atoms. The number of rotatable bonds is 3. The molecule has 4 heteroatoms. The molecule has 0 atom stereocenters. The Bertz CT molecular complexity index is 462. The van der Waals surface area contributed by atoms with Gasteiger partial charge in [0.1, 0.15) is 11.3 Å². The number of nitrogens with zero attached hydrogens (tertiary/aromatic N) is 1.